The molecule has 12 nitrogen and oxygen atoms in total. The minimum atomic E-state index is -5.08. The molecule has 6 N–H and O–H groups in total. The van der Waals surface area contributed by atoms with Crippen molar-refractivity contribution in [2.45, 2.75) is 352 Å². The van der Waals surface area contributed by atoms with Gasteiger partial charge in [-0.15, -0.1) is 0 Å². The molecule has 0 radical (unpaired) electrons. The summed E-state index contributed by atoms with van der Waals surface area (Å²) in [6.07, 6.45) is 56.1. The standard InChI is InChI=1S/C62H119NO11S/c1-3-5-7-9-11-13-15-17-19-21-23-25-27-28-30-32-34-36-38-40-42-44-46-48-50-52-58(66)63-55(54-72-62-60(68)61(74-75(69,70)71)59(67)57(53-64)73-62)56(65)51-49-47-45-43-41-39-37-35-33-31-29-26-24-22-20-18-16-14-12-10-8-6-4-2/h23,25,28,30,55-57,59-62,64-65,67-68H,3-22,24,26-27,29,31-54H2,1-2H3,(H,63,66)(H,69,70,71)/b25-23-,30-28-. The van der Waals surface area contributed by atoms with Crippen molar-refractivity contribution in [1.82, 2.24) is 5.32 Å². The zero-order valence-corrected chi connectivity index (χ0v) is 49.2. The molecule has 7 atom stereocenters. The van der Waals surface area contributed by atoms with Gasteiger partial charge in [0.2, 0.25) is 5.91 Å². The van der Waals surface area contributed by atoms with Gasteiger partial charge in [-0.05, 0) is 44.9 Å². The van der Waals surface area contributed by atoms with Gasteiger partial charge in [-0.1, -0.05) is 282 Å². The van der Waals surface area contributed by atoms with E-state index in [1.165, 1.54) is 218 Å². The van der Waals surface area contributed by atoms with E-state index in [-0.39, 0.29) is 18.9 Å². The molecule has 0 saturated carbocycles. The molecule has 0 bridgehead atoms. The van der Waals surface area contributed by atoms with Gasteiger partial charge in [0, 0.05) is 6.42 Å². The Morgan fingerprint density at radius 3 is 1.27 bits per heavy atom. The molecule has 1 saturated heterocycles. The van der Waals surface area contributed by atoms with Crippen LogP contribution in [0.25, 0.3) is 0 Å². The zero-order chi connectivity index (χ0) is 54.7. The SMILES string of the molecule is CCCCCCCCCCC/C=C\C/C=C\CCCCCCCCCCCC(=O)NC(COC1OC(CO)C(O)C(OS(=O)(=O)O)C1O)C(O)CCCCCCCCCCCCCCCCCCCCCCCCC. The molecule has 0 aromatic rings. The monoisotopic (exact) mass is 1090 g/mol. The number of aliphatic hydroxyl groups excluding tert-OH is 4. The quantitative estimate of drug-likeness (QED) is 0.0193. The lowest BCUT2D eigenvalue weighted by atomic mass is 9.99. The first-order chi connectivity index (χ1) is 36.5. The van der Waals surface area contributed by atoms with E-state index in [0.29, 0.717) is 12.8 Å². The number of carbonyl (C=O) groups is 1. The first-order valence-corrected chi connectivity index (χ1v) is 33.1. The summed E-state index contributed by atoms with van der Waals surface area (Å²) >= 11 is 0. The lowest BCUT2D eigenvalue weighted by Crippen LogP contribution is -2.61. The van der Waals surface area contributed by atoms with E-state index < -0.39 is 59.9 Å². The molecule has 1 amide bonds. The average Bonchev–Trinajstić information content (AvgIpc) is 3.39. The van der Waals surface area contributed by atoms with Crippen molar-refractivity contribution in [3.05, 3.63) is 24.3 Å². The molecular formula is C62H119NO11S. The Morgan fingerprint density at radius 1 is 0.533 bits per heavy atom. The van der Waals surface area contributed by atoms with Crippen molar-refractivity contribution < 1.29 is 51.8 Å². The summed E-state index contributed by atoms with van der Waals surface area (Å²) in [5.41, 5.74) is 0. The van der Waals surface area contributed by atoms with E-state index in [1.54, 1.807) is 0 Å². The Labute approximate surface area is 461 Å². The summed E-state index contributed by atoms with van der Waals surface area (Å²) in [7, 11) is -5.08. The van der Waals surface area contributed by atoms with Gasteiger partial charge in [0.05, 0.1) is 25.4 Å². The maximum atomic E-state index is 13.2. The highest BCUT2D eigenvalue weighted by atomic mass is 32.3. The second-order valence-corrected chi connectivity index (χ2v) is 23.4. The van der Waals surface area contributed by atoms with Crippen molar-refractivity contribution in [1.29, 1.82) is 0 Å². The number of hydrogen-bond donors (Lipinski definition) is 6. The number of hydrogen-bond acceptors (Lipinski definition) is 10. The second kappa shape index (κ2) is 52.0. The van der Waals surface area contributed by atoms with Crippen LogP contribution in [0.3, 0.4) is 0 Å². The average molecular weight is 1090 g/mol. The molecule has 1 aliphatic heterocycles. The maximum Gasteiger partial charge on any atom is 0.397 e. The summed E-state index contributed by atoms with van der Waals surface area (Å²) in [6.45, 7) is 3.50. The zero-order valence-electron chi connectivity index (χ0n) is 48.4. The Kier molecular flexibility index (Phi) is 49.6. The molecule has 444 valence electrons. The molecule has 1 fully saturated rings. The second-order valence-electron chi connectivity index (χ2n) is 22.4. The van der Waals surface area contributed by atoms with E-state index in [2.05, 4.69) is 47.7 Å². The lowest BCUT2D eigenvalue weighted by Gasteiger charge is -2.41. The lowest BCUT2D eigenvalue weighted by molar-refractivity contribution is -0.298. The third kappa shape index (κ3) is 44.1. The fraction of sp³-hybridized carbons (Fsp3) is 0.919. The van der Waals surface area contributed by atoms with Gasteiger partial charge in [0.1, 0.15) is 24.4 Å². The van der Waals surface area contributed by atoms with Crippen LogP contribution in [-0.2, 0) is 28.9 Å². The summed E-state index contributed by atoms with van der Waals surface area (Å²) < 4.78 is 48.0. The summed E-state index contributed by atoms with van der Waals surface area (Å²) in [6, 6.07) is -0.861. The summed E-state index contributed by atoms with van der Waals surface area (Å²) in [5, 5.41) is 45.2. The van der Waals surface area contributed by atoms with Crippen molar-refractivity contribution in [3.63, 3.8) is 0 Å². The number of unbranched alkanes of at least 4 members (excludes halogenated alkanes) is 40. The van der Waals surface area contributed by atoms with E-state index in [0.717, 1.165) is 57.8 Å². The van der Waals surface area contributed by atoms with Gasteiger partial charge < -0.3 is 35.2 Å². The minimum Gasteiger partial charge on any atom is -0.394 e. The topological polar surface area (TPSA) is 192 Å². The number of aliphatic hydroxyl groups is 4. The van der Waals surface area contributed by atoms with Gasteiger partial charge in [0.15, 0.2) is 6.29 Å². The smallest absolute Gasteiger partial charge is 0.394 e. The highest BCUT2D eigenvalue weighted by molar-refractivity contribution is 7.80. The highest BCUT2D eigenvalue weighted by Crippen LogP contribution is 2.26. The van der Waals surface area contributed by atoms with Crippen LogP contribution >= 0.6 is 0 Å². The first kappa shape index (κ1) is 71.6. The Bertz CT molecular complexity index is 1420. The van der Waals surface area contributed by atoms with Crippen LogP contribution in [0.15, 0.2) is 24.3 Å². The van der Waals surface area contributed by atoms with E-state index >= 15 is 0 Å². The van der Waals surface area contributed by atoms with E-state index in [9.17, 15) is 38.2 Å². The molecule has 1 rings (SSSR count). The van der Waals surface area contributed by atoms with Gasteiger partial charge in [0.25, 0.3) is 0 Å². The van der Waals surface area contributed by atoms with E-state index in [1.807, 2.05) is 0 Å². The molecule has 0 aromatic carbocycles. The van der Waals surface area contributed by atoms with Crippen molar-refractivity contribution in [2.24, 2.45) is 0 Å². The van der Waals surface area contributed by atoms with Crippen molar-refractivity contribution in [3.8, 4) is 0 Å². The maximum absolute atomic E-state index is 13.2. The Balaban J connectivity index is 2.31. The van der Waals surface area contributed by atoms with Crippen LogP contribution < -0.4 is 5.32 Å². The van der Waals surface area contributed by atoms with Gasteiger partial charge in [-0.2, -0.15) is 8.42 Å². The van der Waals surface area contributed by atoms with Crippen LogP contribution in [0.1, 0.15) is 309 Å². The van der Waals surface area contributed by atoms with Gasteiger partial charge in [-0.3, -0.25) is 9.35 Å². The Hall–Kier alpha value is -1.42. The van der Waals surface area contributed by atoms with Gasteiger partial charge >= 0.3 is 10.4 Å². The largest absolute Gasteiger partial charge is 0.397 e. The highest BCUT2D eigenvalue weighted by Gasteiger charge is 2.48. The summed E-state index contributed by atoms with van der Waals surface area (Å²) in [5.74, 6) is -0.229. The number of ether oxygens (including phenoxy) is 2. The molecule has 1 aliphatic rings. The van der Waals surface area contributed by atoms with Crippen LogP contribution in [0.4, 0.5) is 0 Å². The van der Waals surface area contributed by atoms with Crippen LogP contribution in [0, 0.1) is 0 Å². The molecule has 0 aromatic heterocycles. The van der Waals surface area contributed by atoms with Crippen LogP contribution in [0.2, 0.25) is 0 Å². The predicted molar refractivity (Wildman–Crippen MR) is 310 cm³/mol. The molecule has 0 spiro atoms. The van der Waals surface area contributed by atoms with Crippen LogP contribution in [0.5, 0.6) is 0 Å². The molecule has 1 heterocycles. The molecule has 75 heavy (non-hydrogen) atoms. The fourth-order valence-electron chi connectivity index (χ4n) is 10.4. The van der Waals surface area contributed by atoms with Crippen molar-refractivity contribution >= 4 is 16.3 Å². The third-order valence-electron chi connectivity index (χ3n) is 15.3. The number of nitrogens with one attached hydrogen (secondary N) is 1. The van der Waals surface area contributed by atoms with Crippen molar-refractivity contribution in [2.75, 3.05) is 13.2 Å². The fourth-order valence-corrected chi connectivity index (χ4v) is 10.9. The molecular weight excluding hydrogens is 967 g/mol. The number of allylic oxidation sites excluding steroid dienone is 4. The number of carbonyl (C=O) groups excluding carboxylic acids is 1. The predicted octanol–water partition coefficient (Wildman–Crippen LogP) is 15.6. The minimum absolute atomic E-state index is 0.229. The first-order valence-electron chi connectivity index (χ1n) is 31.7. The molecule has 7 unspecified atom stereocenters. The molecule has 13 heteroatoms. The number of rotatable bonds is 56. The summed E-state index contributed by atoms with van der Waals surface area (Å²) in [4.78, 5) is 13.2. The molecule has 0 aliphatic carbocycles. The Morgan fingerprint density at radius 2 is 0.893 bits per heavy atom. The van der Waals surface area contributed by atoms with E-state index in [4.69, 9.17) is 9.47 Å². The third-order valence-corrected chi connectivity index (χ3v) is 15.7. The normalized spacial score (nSPS) is 19.2. The van der Waals surface area contributed by atoms with Gasteiger partial charge in [-0.25, -0.2) is 4.18 Å². The van der Waals surface area contributed by atoms with Crippen LogP contribution in [-0.4, -0.2) is 95.4 Å². The number of amides is 1.